The summed E-state index contributed by atoms with van der Waals surface area (Å²) < 4.78 is 44.1. The lowest BCUT2D eigenvalue weighted by molar-refractivity contribution is -0.188. The fourth-order valence-corrected chi connectivity index (χ4v) is 2.99. The molecule has 0 spiro atoms. The van der Waals surface area contributed by atoms with Crippen LogP contribution in [-0.4, -0.2) is 46.3 Å². The van der Waals surface area contributed by atoms with Crippen LogP contribution >= 0.6 is 0 Å². The van der Waals surface area contributed by atoms with Crippen molar-refractivity contribution in [2.45, 2.75) is 39.3 Å². The van der Waals surface area contributed by atoms with Crippen molar-refractivity contribution in [1.29, 1.82) is 0 Å². The predicted molar refractivity (Wildman–Crippen MR) is 76.2 cm³/mol. The minimum absolute atomic E-state index is 0.132. The van der Waals surface area contributed by atoms with Crippen molar-refractivity contribution in [3.63, 3.8) is 0 Å². The molecule has 6 nitrogen and oxygen atoms in total. The second-order valence-corrected chi connectivity index (χ2v) is 5.81. The quantitative estimate of drug-likeness (QED) is 0.881. The van der Waals surface area contributed by atoms with Crippen LogP contribution < -0.4 is 0 Å². The zero-order valence-corrected chi connectivity index (χ0v) is 13.4. The van der Waals surface area contributed by atoms with Gasteiger partial charge in [-0.15, -0.1) is 0 Å². The van der Waals surface area contributed by atoms with Crippen molar-refractivity contribution >= 4 is 11.9 Å². The molecule has 1 aromatic heterocycles. The topological polar surface area (TPSA) is 83.6 Å². The Morgan fingerprint density at radius 1 is 1.29 bits per heavy atom. The molecule has 1 aliphatic rings. The fourth-order valence-electron chi connectivity index (χ4n) is 2.99. The van der Waals surface area contributed by atoms with Gasteiger partial charge in [0.2, 0.25) is 5.91 Å². The molecule has 0 radical (unpaired) electrons. The second kappa shape index (κ2) is 6.82. The number of rotatable bonds is 5. The number of aryl methyl sites for hydroxylation is 2. The maximum atomic E-state index is 13.0. The minimum Gasteiger partial charge on any atom is -0.481 e. The van der Waals surface area contributed by atoms with Crippen LogP contribution in [0.2, 0.25) is 0 Å². The molecule has 1 saturated heterocycles. The highest BCUT2D eigenvalue weighted by atomic mass is 19.4. The molecule has 1 N–H and O–H groups in total. The van der Waals surface area contributed by atoms with Gasteiger partial charge in [0.15, 0.2) is 0 Å². The normalized spacial score (nSPS) is 21.3. The van der Waals surface area contributed by atoms with Crippen LogP contribution in [-0.2, 0) is 28.9 Å². The number of aromatic nitrogens is 1. The number of nitrogens with zero attached hydrogens (tertiary/aromatic N) is 2. The van der Waals surface area contributed by atoms with E-state index < -0.39 is 43.0 Å². The Morgan fingerprint density at radius 3 is 2.42 bits per heavy atom. The summed E-state index contributed by atoms with van der Waals surface area (Å²) in [6.07, 6.45) is -3.74. The van der Waals surface area contributed by atoms with Gasteiger partial charge < -0.3 is 14.5 Å². The molecule has 2 atom stereocenters. The molecule has 1 amide bonds. The van der Waals surface area contributed by atoms with Gasteiger partial charge in [0, 0.05) is 25.1 Å². The molecule has 1 aliphatic heterocycles. The molecule has 1 fully saturated rings. The molecule has 9 heteroatoms. The lowest BCUT2D eigenvalue weighted by atomic mass is 9.96. The van der Waals surface area contributed by atoms with Crippen molar-refractivity contribution in [2.75, 3.05) is 13.1 Å². The molecule has 2 heterocycles. The van der Waals surface area contributed by atoms with Gasteiger partial charge >= 0.3 is 12.1 Å². The van der Waals surface area contributed by atoms with Gasteiger partial charge in [-0.2, -0.15) is 13.2 Å². The van der Waals surface area contributed by atoms with E-state index in [9.17, 15) is 22.8 Å². The van der Waals surface area contributed by atoms with E-state index in [0.717, 1.165) is 4.90 Å². The number of carboxylic acid groups (broad SMARTS) is 1. The highest BCUT2D eigenvalue weighted by Gasteiger charge is 2.53. The van der Waals surface area contributed by atoms with Crippen LogP contribution in [0.5, 0.6) is 0 Å². The Hall–Kier alpha value is -2.06. The summed E-state index contributed by atoms with van der Waals surface area (Å²) in [5.74, 6) is -5.23. The summed E-state index contributed by atoms with van der Waals surface area (Å²) in [6, 6.07) is 0. The Morgan fingerprint density at radius 2 is 1.96 bits per heavy atom. The SMILES string of the molecule is CCc1noc(CC)c1CC(=O)N1C[C@@H](C(F)(F)F)[C@H](C(=O)O)C1. The third-order valence-corrected chi connectivity index (χ3v) is 4.35. The van der Waals surface area contributed by atoms with E-state index in [2.05, 4.69) is 5.16 Å². The van der Waals surface area contributed by atoms with Gasteiger partial charge in [-0.1, -0.05) is 19.0 Å². The Kier molecular flexibility index (Phi) is 5.19. The highest BCUT2D eigenvalue weighted by Crippen LogP contribution is 2.38. The van der Waals surface area contributed by atoms with Gasteiger partial charge in [-0.25, -0.2) is 0 Å². The van der Waals surface area contributed by atoms with Crippen LogP contribution in [0.15, 0.2) is 4.52 Å². The number of likely N-dealkylation sites (tertiary alicyclic amines) is 1. The summed E-state index contributed by atoms with van der Waals surface area (Å²) in [4.78, 5) is 24.4. The second-order valence-electron chi connectivity index (χ2n) is 5.81. The molecule has 0 aliphatic carbocycles. The molecule has 0 bridgehead atoms. The average Bonchev–Trinajstić information content (AvgIpc) is 3.10. The van der Waals surface area contributed by atoms with E-state index in [0.29, 0.717) is 29.9 Å². The van der Waals surface area contributed by atoms with E-state index in [1.165, 1.54) is 0 Å². The van der Waals surface area contributed by atoms with Crippen LogP contribution in [0.4, 0.5) is 13.2 Å². The van der Waals surface area contributed by atoms with Gasteiger partial charge in [-0.05, 0) is 6.42 Å². The van der Waals surface area contributed by atoms with Gasteiger partial charge in [0.05, 0.1) is 24.0 Å². The average molecular weight is 348 g/mol. The first kappa shape index (κ1) is 18.3. The molecule has 2 rings (SSSR count). The minimum atomic E-state index is -4.65. The predicted octanol–water partition coefficient (Wildman–Crippen LogP) is 2.06. The van der Waals surface area contributed by atoms with Gasteiger partial charge in [0.1, 0.15) is 5.76 Å². The smallest absolute Gasteiger partial charge is 0.394 e. The van der Waals surface area contributed by atoms with Gasteiger partial charge in [0.25, 0.3) is 0 Å². The fraction of sp³-hybridized carbons (Fsp3) is 0.667. The molecule has 0 unspecified atom stereocenters. The number of carbonyl (C=O) groups is 2. The summed E-state index contributed by atoms with van der Waals surface area (Å²) in [5, 5.41) is 12.9. The number of aliphatic carboxylic acids is 1. The first-order chi connectivity index (χ1) is 11.2. The Bertz CT molecular complexity index is 605. The third kappa shape index (κ3) is 3.54. The number of halogens is 3. The van der Waals surface area contributed by atoms with Crippen molar-refractivity contribution in [1.82, 2.24) is 10.1 Å². The molecule has 24 heavy (non-hydrogen) atoms. The van der Waals surface area contributed by atoms with Crippen LogP contribution in [0.1, 0.15) is 30.9 Å². The highest BCUT2D eigenvalue weighted by molar-refractivity contribution is 5.81. The number of hydrogen-bond acceptors (Lipinski definition) is 4. The van der Waals surface area contributed by atoms with Gasteiger partial charge in [-0.3, -0.25) is 9.59 Å². The Labute approximate surface area is 136 Å². The van der Waals surface area contributed by atoms with Crippen molar-refractivity contribution in [3.8, 4) is 0 Å². The van der Waals surface area contributed by atoms with Crippen LogP contribution in [0.25, 0.3) is 0 Å². The molecular formula is C15H19F3N2O4. The van der Waals surface area contributed by atoms with Crippen molar-refractivity contribution in [2.24, 2.45) is 11.8 Å². The van der Waals surface area contributed by atoms with E-state index >= 15 is 0 Å². The molecule has 134 valence electrons. The number of amides is 1. The first-order valence-corrected chi connectivity index (χ1v) is 7.72. The zero-order valence-electron chi connectivity index (χ0n) is 13.4. The molecular weight excluding hydrogens is 329 g/mol. The van der Waals surface area contributed by atoms with Crippen LogP contribution in [0, 0.1) is 11.8 Å². The van der Waals surface area contributed by atoms with Crippen LogP contribution in [0.3, 0.4) is 0 Å². The van der Waals surface area contributed by atoms with E-state index in [1.54, 1.807) is 0 Å². The largest absolute Gasteiger partial charge is 0.481 e. The summed E-state index contributed by atoms with van der Waals surface area (Å²) >= 11 is 0. The molecule has 0 aromatic carbocycles. The number of alkyl halides is 3. The lowest BCUT2D eigenvalue weighted by Gasteiger charge is -2.18. The van der Waals surface area contributed by atoms with E-state index in [1.807, 2.05) is 13.8 Å². The van der Waals surface area contributed by atoms with E-state index in [4.69, 9.17) is 9.63 Å². The summed E-state index contributed by atoms with van der Waals surface area (Å²) in [5.41, 5.74) is 1.19. The lowest BCUT2D eigenvalue weighted by Crippen LogP contribution is -2.34. The Balaban J connectivity index is 2.17. The summed E-state index contributed by atoms with van der Waals surface area (Å²) in [6.45, 7) is 2.59. The monoisotopic (exact) mass is 348 g/mol. The van der Waals surface area contributed by atoms with E-state index in [-0.39, 0.29) is 6.42 Å². The van der Waals surface area contributed by atoms with Crippen molar-refractivity contribution in [3.05, 3.63) is 17.0 Å². The third-order valence-electron chi connectivity index (χ3n) is 4.35. The van der Waals surface area contributed by atoms with Crippen molar-refractivity contribution < 1.29 is 32.4 Å². The number of hydrogen-bond donors (Lipinski definition) is 1. The summed E-state index contributed by atoms with van der Waals surface area (Å²) in [7, 11) is 0. The standard InChI is InChI=1S/C15H19F3N2O4/c1-3-11-8(12(4-2)24-19-11)5-13(21)20-6-9(14(22)23)10(7-20)15(16,17)18/h9-10H,3-7H2,1-2H3,(H,22,23)/t9-,10-/m1/s1. The maximum Gasteiger partial charge on any atom is 0.394 e. The number of carbonyl (C=O) groups excluding carboxylic acids is 1. The first-order valence-electron chi connectivity index (χ1n) is 7.72. The molecule has 1 aromatic rings. The molecule has 0 saturated carbocycles. The zero-order chi connectivity index (χ0) is 18.1. The number of carboxylic acids is 1. The maximum absolute atomic E-state index is 13.0.